The summed E-state index contributed by atoms with van der Waals surface area (Å²) in [5, 5.41) is 5.15. The van der Waals surface area contributed by atoms with E-state index in [0.29, 0.717) is 5.69 Å². The molecule has 146 valence electrons. The highest BCUT2D eigenvalue weighted by molar-refractivity contribution is 6.04. The van der Waals surface area contributed by atoms with Crippen molar-refractivity contribution in [1.29, 1.82) is 0 Å². The third kappa shape index (κ3) is 3.60. The van der Waals surface area contributed by atoms with Gasteiger partial charge in [0, 0.05) is 32.7 Å². The molecule has 3 aromatic rings. The molecule has 0 bridgehead atoms. The molecule has 3 heterocycles. The summed E-state index contributed by atoms with van der Waals surface area (Å²) < 4.78 is 7.60. The van der Waals surface area contributed by atoms with E-state index >= 15 is 0 Å². The first kappa shape index (κ1) is 18.8. The second-order valence-electron chi connectivity index (χ2n) is 5.88. The van der Waals surface area contributed by atoms with E-state index in [1.165, 1.54) is 24.1 Å². The zero-order valence-corrected chi connectivity index (χ0v) is 15.6. The fourth-order valence-corrected chi connectivity index (χ4v) is 2.43. The van der Waals surface area contributed by atoms with Crippen LogP contribution in [0.5, 0.6) is 0 Å². The van der Waals surface area contributed by atoms with Gasteiger partial charge < -0.3 is 29.5 Å². The second kappa shape index (κ2) is 7.34. The monoisotopic (exact) mass is 386 g/mol. The van der Waals surface area contributed by atoms with E-state index < -0.39 is 17.8 Å². The zero-order chi connectivity index (χ0) is 20.4. The molecule has 3 rings (SSSR count). The van der Waals surface area contributed by atoms with Gasteiger partial charge in [-0.3, -0.25) is 9.59 Å². The molecule has 0 unspecified atom stereocenters. The molecule has 12 nitrogen and oxygen atoms in total. The number of hydrogen-bond donors (Lipinski definition) is 3. The van der Waals surface area contributed by atoms with Crippen LogP contribution in [0, 0.1) is 6.92 Å². The number of anilines is 2. The van der Waals surface area contributed by atoms with E-state index in [4.69, 9.17) is 0 Å². The van der Waals surface area contributed by atoms with E-state index in [-0.39, 0.29) is 29.1 Å². The Morgan fingerprint density at radius 2 is 1.79 bits per heavy atom. The molecule has 28 heavy (non-hydrogen) atoms. The molecule has 0 aliphatic rings. The number of esters is 1. The van der Waals surface area contributed by atoms with Crippen LogP contribution in [0.2, 0.25) is 0 Å². The molecule has 3 aromatic heterocycles. The molecule has 0 fully saturated rings. The number of aryl methyl sites for hydroxylation is 3. The first-order valence-corrected chi connectivity index (χ1v) is 8.08. The molecule has 12 heteroatoms. The maximum atomic E-state index is 12.5. The number of H-pyrrole nitrogens is 1. The summed E-state index contributed by atoms with van der Waals surface area (Å²) in [5.41, 5.74) is 0.478. The quantitative estimate of drug-likeness (QED) is 0.540. The Labute approximate surface area is 159 Å². The maximum absolute atomic E-state index is 12.5. The van der Waals surface area contributed by atoms with Gasteiger partial charge in [0.05, 0.1) is 12.8 Å². The fourth-order valence-electron chi connectivity index (χ4n) is 2.43. The van der Waals surface area contributed by atoms with Crippen molar-refractivity contribution < 1.29 is 19.1 Å². The van der Waals surface area contributed by atoms with Crippen molar-refractivity contribution >= 4 is 29.4 Å². The topological polar surface area (TPSA) is 149 Å². The van der Waals surface area contributed by atoms with Gasteiger partial charge in [-0.15, -0.1) is 0 Å². The Hall–Kier alpha value is -3.96. The predicted molar refractivity (Wildman–Crippen MR) is 97.0 cm³/mol. The molecular weight excluding hydrogens is 368 g/mol. The summed E-state index contributed by atoms with van der Waals surface area (Å²) in [5.74, 6) is -1.09. The number of methoxy groups -OCH3 is 1. The van der Waals surface area contributed by atoms with Crippen LogP contribution < -0.4 is 10.6 Å². The lowest BCUT2D eigenvalue weighted by Gasteiger charge is -2.02. The normalized spacial score (nSPS) is 10.6. The minimum atomic E-state index is -0.653. The minimum Gasteiger partial charge on any atom is -0.463 e. The average Bonchev–Trinajstić information content (AvgIpc) is 3.33. The molecule has 0 aliphatic carbocycles. The van der Waals surface area contributed by atoms with E-state index in [0.717, 1.165) is 0 Å². The van der Waals surface area contributed by atoms with Gasteiger partial charge in [-0.05, 0) is 6.92 Å². The first-order valence-electron chi connectivity index (χ1n) is 8.08. The van der Waals surface area contributed by atoms with Crippen LogP contribution in [0.4, 0.5) is 11.6 Å². The van der Waals surface area contributed by atoms with Gasteiger partial charge in [-0.2, -0.15) is 0 Å². The number of ether oxygens (including phenoxy) is 1. The van der Waals surface area contributed by atoms with Gasteiger partial charge in [-0.25, -0.2) is 19.7 Å². The number of carbonyl (C=O) groups is 3. The van der Waals surface area contributed by atoms with Crippen LogP contribution in [0.25, 0.3) is 0 Å². The smallest absolute Gasteiger partial charge is 0.374 e. The summed E-state index contributed by atoms with van der Waals surface area (Å²) in [6, 6.07) is 0. The van der Waals surface area contributed by atoms with Crippen LogP contribution in [-0.4, -0.2) is 54.0 Å². The van der Waals surface area contributed by atoms with Crippen molar-refractivity contribution in [3.8, 4) is 0 Å². The van der Waals surface area contributed by atoms with Gasteiger partial charge in [0.15, 0.2) is 17.5 Å². The van der Waals surface area contributed by atoms with Crippen molar-refractivity contribution in [2.24, 2.45) is 14.1 Å². The molecule has 3 N–H and O–H groups in total. The molecule has 0 saturated carbocycles. The molecule has 0 radical (unpaired) electrons. The molecule has 0 atom stereocenters. The SMILES string of the molecule is COC(=O)c1nc(NC(=O)c2nc(NC(=O)c3nccn3C)cn2C)c(C)[nH]1. The van der Waals surface area contributed by atoms with Crippen LogP contribution in [-0.2, 0) is 18.8 Å². The van der Waals surface area contributed by atoms with E-state index in [9.17, 15) is 14.4 Å². The van der Waals surface area contributed by atoms with Crippen molar-refractivity contribution in [3.05, 3.63) is 41.8 Å². The Morgan fingerprint density at radius 3 is 2.43 bits per heavy atom. The number of aromatic amines is 1. The number of nitrogens with zero attached hydrogens (tertiary/aromatic N) is 5. The third-order valence-corrected chi connectivity index (χ3v) is 3.84. The number of amides is 2. The predicted octanol–water partition coefficient (Wildman–Crippen LogP) is 0.476. The summed E-state index contributed by atoms with van der Waals surface area (Å²) in [4.78, 5) is 51.1. The van der Waals surface area contributed by atoms with Gasteiger partial charge in [0.2, 0.25) is 11.6 Å². The Kier molecular flexibility index (Phi) is 4.94. The van der Waals surface area contributed by atoms with Crippen molar-refractivity contribution in [2.45, 2.75) is 6.92 Å². The highest BCUT2D eigenvalue weighted by Gasteiger charge is 2.20. The summed E-state index contributed by atoms with van der Waals surface area (Å²) in [6.07, 6.45) is 4.63. The lowest BCUT2D eigenvalue weighted by atomic mass is 10.4. The number of hydrogen-bond acceptors (Lipinski definition) is 7. The molecule has 0 aromatic carbocycles. The Balaban J connectivity index is 1.75. The fraction of sp³-hybridized carbons (Fsp3) is 0.250. The lowest BCUT2D eigenvalue weighted by Crippen LogP contribution is -2.18. The Bertz CT molecular complexity index is 1060. The van der Waals surface area contributed by atoms with Gasteiger partial charge in [0.1, 0.15) is 0 Å². The summed E-state index contributed by atoms with van der Waals surface area (Å²) >= 11 is 0. The average molecular weight is 386 g/mol. The van der Waals surface area contributed by atoms with Crippen LogP contribution >= 0.6 is 0 Å². The van der Waals surface area contributed by atoms with E-state index in [1.807, 2.05) is 0 Å². The highest BCUT2D eigenvalue weighted by Crippen LogP contribution is 2.15. The number of nitrogens with one attached hydrogen (secondary N) is 3. The maximum Gasteiger partial charge on any atom is 0.374 e. The molecule has 2 amide bonds. The number of rotatable bonds is 5. The summed E-state index contributed by atoms with van der Waals surface area (Å²) in [7, 11) is 4.52. The number of carbonyl (C=O) groups excluding carboxylic acids is 3. The molecular formula is C16H18N8O4. The minimum absolute atomic E-state index is 0.0295. The first-order chi connectivity index (χ1) is 13.3. The summed E-state index contributed by atoms with van der Waals surface area (Å²) in [6.45, 7) is 1.64. The van der Waals surface area contributed by atoms with Gasteiger partial charge >= 0.3 is 5.97 Å². The number of imidazole rings is 3. The van der Waals surface area contributed by atoms with Crippen LogP contribution in [0.3, 0.4) is 0 Å². The third-order valence-electron chi connectivity index (χ3n) is 3.84. The molecule has 0 saturated heterocycles. The van der Waals surface area contributed by atoms with Crippen molar-refractivity contribution in [2.75, 3.05) is 17.7 Å². The molecule has 0 aliphatic heterocycles. The zero-order valence-electron chi connectivity index (χ0n) is 15.6. The standard InChI is InChI=1S/C16H18N8O4/c1-8-10(21-11(18-8)16(27)28-4)22-15(26)13-19-9(7-24(13)3)20-14(25)12-17-5-6-23(12)2/h5-7H,1-4H3,(H,18,21)(H,20,25)(H,22,26). The van der Waals surface area contributed by atoms with Crippen LogP contribution in [0.1, 0.15) is 37.6 Å². The van der Waals surface area contributed by atoms with Crippen LogP contribution in [0.15, 0.2) is 18.6 Å². The number of aromatic nitrogens is 6. The largest absolute Gasteiger partial charge is 0.463 e. The Morgan fingerprint density at radius 1 is 1.07 bits per heavy atom. The highest BCUT2D eigenvalue weighted by atomic mass is 16.5. The molecule has 0 spiro atoms. The van der Waals surface area contributed by atoms with E-state index in [1.54, 1.807) is 31.8 Å². The van der Waals surface area contributed by atoms with Gasteiger partial charge in [0.25, 0.3) is 11.8 Å². The second-order valence-corrected chi connectivity index (χ2v) is 5.88. The van der Waals surface area contributed by atoms with Crippen molar-refractivity contribution in [1.82, 2.24) is 29.1 Å². The van der Waals surface area contributed by atoms with E-state index in [2.05, 4.69) is 35.3 Å². The lowest BCUT2D eigenvalue weighted by molar-refractivity contribution is 0.0587. The van der Waals surface area contributed by atoms with Crippen molar-refractivity contribution in [3.63, 3.8) is 0 Å². The van der Waals surface area contributed by atoms with Gasteiger partial charge in [-0.1, -0.05) is 0 Å².